The first-order chi connectivity index (χ1) is 20.5. The van der Waals surface area contributed by atoms with Gasteiger partial charge in [-0.2, -0.15) is 0 Å². The molecular weight excluding hydrogens is 625 g/mol. The maximum absolute atomic E-state index is 14.3. The molecule has 1 N–H and O–H groups in total. The van der Waals surface area contributed by atoms with Gasteiger partial charge in [-0.3, -0.25) is 13.9 Å². The van der Waals surface area contributed by atoms with Gasteiger partial charge in [0.1, 0.15) is 12.6 Å². The maximum atomic E-state index is 14.3. The van der Waals surface area contributed by atoms with Crippen LogP contribution in [0, 0.1) is 13.8 Å². The van der Waals surface area contributed by atoms with Crippen molar-refractivity contribution in [2.45, 2.75) is 64.6 Å². The molecule has 12 heteroatoms. The van der Waals surface area contributed by atoms with Crippen molar-refractivity contribution >= 4 is 50.7 Å². The van der Waals surface area contributed by atoms with Gasteiger partial charge < -0.3 is 19.7 Å². The highest BCUT2D eigenvalue weighted by Crippen LogP contribution is 2.33. The minimum atomic E-state index is -4.32. The zero-order valence-corrected chi connectivity index (χ0v) is 28.5. The summed E-state index contributed by atoms with van der Waals surface area (Å²) in [5.74, 6) is -0.427. The molecule has 0 heterocycles. The lowest BCUT2D eigenvalue weighted by atomic mass is 10.1. The van der Waals surface area contributed by atoms with Gasteiger partial charge in [0.2, 0.25) is 11.8 Å². The van der Waals surface area contributed by atoms with E-state index in [0.717, 1.165) is 15.4 Å². The quantitative estimate of drug-likeness (QED) is 0.264. The molecule has 1 atom stereocenters. The lowest BCUT2D eigenvalue weighted by Gasteiger charge is -2.33. The number of hydrogen-bond donors (Lipinski definition) is 1. The molecule has 0 aliphatic heterocycles. The average molecular weight is 665 g/mol. The molecule has 238 valence electrons. The average Bonchev–Trinajstić information content (AvgIpc) is 2.93. The smallest absolute Gasteiger partial charge is 0.264 e. The van der Waals surface area contributed by atoms with E-state index in [0.29, 0.717) is 22.0 Å². The van der Waals surface area contributed by atoms with Gasteiger partial charge >= 0.3 is 0 Å². The summed E-state index contributed by atoms with van der Waals surface area (Å²) in [6.07, 6.45) is 0. The Kier molecular flexibility index (Phi) is 11.2. The Labute approximate surface area is 270 Å². The van der Waals surface area contributed by atoms with Crippen LogP contribution in [0.1, 0.15) is 44.4 Å². The lowest BCUT2D eigenvalue weighted by molar-refractivity contribution is -0.140. The monoisotopic (exact) mass is 663 g/mol. The fourth-order valence-corrected chi connectivity index (χ4v) is 6.35. The molecule has 0 radical (unpaired) electrons. The standard InChI is InChI=1S/C32H39Cl2N3O6S/c1-20-13-21(2)15-24(14-20)37(44(40,41)25-10-12-28(42-7)29(17-25)43-8)19-30(38)36(22(3)31(39)35-32(4,5)6)18-23-9-11-26(33)27(34)16-23/h9-17,22H,18-19H2,1-8H3,(H,35,39)/t22-/m1/s1. The van der Waals surface area contributed by atoms with E-state index in [-0.39, 0.29) is 22.2 Å². The van der Waals surface area contributed by atoms with Crippen LogP contribution >= 0.6 is 23.2 Å². The molecule has 0 saturated carbocycles. The van der Waals surface area contributed by atoms with Gasteiger partial charge in [0, 0.05) is 18.2 Å². The second kappa shape index (κ2) is 14.1. The molecule has 9 nitrogen and oxygen atoms in total. The summed E-state index contributed by atoms with van der Waals surface area (Å²) in [6, 6.07) is 13.5. The van der Waals surface area contributed by atoms with E-state index < -0.39 is 40.0 Å². The van der Waals surface area contributed by atoms with E-state index in [9.17, 15) is 18.0 Å². The van der Waals surface area contributed by atoms with Crippen molar-refractivity contribution in [3.63, 3.8) is 0 Å². The van der Waals surface area contributed by atoms with Crippen molar-refractivity contribution in [2.75, 3.05) is 25.1 Å². The van der Waals surface area contributed by atoms with Crippen molar-refractivity contribution in [1.82, 2.24) is 10.2 Å². The zero-order valence-electron chi connectivity index (χ0n) is 26.2. The van der Waals surface area contributed by atoms with Crippen molar-refractivity contribution in [1.29, 1.82) is 0 Å². The first-order valence-corrected chi connectivity index (χ1v) is 16.0. The third kappa shape index (κ3) is 8.58. The third-order valence-electron chi connectivity index (χ3n) is 6.72. The van der Waals surface area contributed by atoms with Crippen LogP contribution in [0.2, 0.25) is 10.0 Å². The van der Waals surface area contributed by atoms with Crippen LogP contribution in [0.15, 0.2) is 59.5 Å². The number of amides is 2. The number of anilines is 1. The van der Waals surface area contributed by atoms with Crippen molar-refractivity contribution in [2.24, 2.45) is 0 Å². The molecule has 0 unspecified atom stereocenters. The third-order valence-corrected chi connectivity index (χ3v) is 9.23. The summed E-state index contributed by atoms with van der Waals surface area (Å²) in [5, 5.41) is 3.53. The zero-order chi connectivity index (χ0) is 33.0. The largest absolute Gasteiger partial charge is 0.493 e. The van der Waals surface area contributed by atoms with Crippen LogP contribution in [0.5, 0.6) is 11.5 Å². The predicted molar refractivity (Wildman–Crippen MR) is 174 cm³/mol. The molecule has 3 aromatic rings. The highest BCUT2D eigenvalue weighted by atomic mass is 35.5. The van der Waals surface area contributed by atoms with Crippen LogP contribution in [0.3, 0.4) is 0 Å². The summed E-state index contributed by atoms with van der Waals surface area (Å²) in [7, 11) is -1.47. The number of benzene rings is 3. The number of sulfonamides is 1. The number of hydrogen-bond acceptors (Lipinski definition) is 6. The molecule has 0 bridgehead atoms. The number of aryl methyl sites for hydroxylation is 2. The molecule has 0 saturated heterocycles. The second-order valence-electron chi connectivity index (χ2n) is 11.6. The van der Waals surface area contributed by atoms with Gasteiger partial charge in [-0.1, -0.05) is 35.3 Å². The summed E-state index contributed by atoms with van der Waals surface area (Å²) < 4.78 is 40.2. The van der Waals surface area contributed by atoms with Crippen LogP contribution in [-0.2, 0) is 26.2 Å². The lowest BCUT2D eigenvalue weighted by Crippen LogP contribution is -2.54. The number of methoxy groups -OCH3 is 2. The molecular formula is C32H39Cl2N3O6S. The van der Waals surface area contributed by atoms with Crippen molar-refractivity contribution in [3.05, 3.63) is 81.3 Å². The van der Waals surface area contributed by atoms with Crippen LogP contribution < -0.4 is 19.1 Å². The number of nitrogens with one attached hydrogen (secondary N) is 1. The van der Waals surface area contributed by atoms with E-state index in [1.54, 1.807) is 37.3 Å². The topological polar surface area (TPSA) is 105 Å². The summed E-state index contributed by atoms with van der Waals surface area (Å²) >= 11 is 12.4. The Morgan fingerprint density at radius 3 is 2.05 bits per heavy atom. The molecule has 0 aliphatic carbocycles. The highest BCUT2D eigenvalue weighted by molar-refractivity contribution is 7.92. The van der Waals surface area contributed by atoms with E-state index in [1.807, 2.05) is 40.7 Å². The number of rotatable bonds is 11. The van der Waals surface area contributed by atoms with Gasteiger partial charge in [-0.25, -0.2) is 8.42 Å². The van der Waals surface area contributed by atoms with Gasteiger partial charge in [0.15, 0.2) is 11.5 Å². The molecule has 2 amide bonds. The molecule has 3 rings (SSSR count). The fourth-order valence-electron chi connectivity index (χ4n) is 4.62. The van der Waals surface area contributed by atoms with Gasteiger partial charge in [0.25, 0.3) is 10.0 Å². The van der Waals surface area contributed by atoms with Gasteiger partial charge in [-0.05, 0) is 94.6 Å². The minimum absolute atomic E-state index is 0.0223. The number of nitrogens with zero attached hydrogens (tertiary/aromatic N) is 2. The number of halogens is 2. The van der Waals surface area contributed by atoms with E-state index in [2.05, 4.69) is 5.32 Å². The molecule has 0 fully saturated rings. The van der Waals surface area contributed by atoms with Crippen molar-refractivity contribution in [3.8, 4) is 11.5 Å². The number of ether oxygens (including phenoxy) is 2. The Hall–Kier alpha value is -3.47. The molecule has 3 aromatic carbocycles. The highest BCUT2D eigenvalue weighted by Gasteiger charge is 2.34. The van der Waals surface area contributed by atoms with E-state index in [4.69, 9.17) is 32.7 Å². The summed E-state index contributed by atoms with van der Waals surface area (Å²) in [4.78, 5) is 28.7. The fraction of sp³-hybridized carbons (Fsp3) is 0.375. The molecule has 0 spiro atoms. The van der Waals surface area contributed by atoms with Gasteiger partial charge in [-0.15, -0.1) is 0 Å². The molecule has 0 aromatic heterocycles. The van der Waals surface area contributed by atoms with Gasteiger partial charge in [0.05, 0.1) is 34.8 Å². The predicted octanol–water partition coefficient (Wildman–Crippen LogP) is 6.15. The van der Waals surface area contributed by atoms with Crippen LogP contribution in [0.4, 0.5) is 5.69 Å². The molecule has 44 heavy (non-hydrogen) atoms. The van der Waals surface area contributed by atoms with E-state index in [1.165, 1.54) is 37.3 Å². The second-order valence-corrected chi connectivity index (χ2v) is 14.2. The first kappa shape index (κ1) is 35.0. The molecule has 0 aliphatic rings. The number of carbonyl (C=O) groups is 2. The Bertz CT molecular complexity index is 1620. The first-order valence-electron chi connectivity index (χ1n) is 13.9. The maximum Gasteiger partial charge on any atom is 0.264 e. The minimum Gasteiger partial charge on any atom is -0.493 e. The van der Waals surface area contributed by atoms with Crippen molar-refractivity contribution < 1.29 is 27.5 Å². The van der Waals surface area contributed by atoms with Crippen LogP contribution in [0.25, 0.3) is 0 Å². The summed E-state index contributed by atoms with van der Waals surface area (Å²) in [6.45, 7) is 10.2. The SMILES string of the molecule is COc1ccc(S(=O)(=O)N(CC(=O)N(Cc2ccc(Cl)c(Cl)c2)[C@H](C)C(=O)NC(C)(C)C)c2cc(C)cc(C)c2)cc1OC. The Morgan fingerprint density at radius 2 is 1.50 bits per heavy atom. The number of carbonyl (C=O) groups excluding carboxylic acids is 2. The Morgan fingerprint density at radius 1 is 0.886 bits per heavy atom. The van der Waals surface area contributed by atoms with Crippen LogP contribution in [-0.4, -0.2) is 57.5 Å². The normalized spacial score (nSPS) is 12.3. The Balaban J connectivity index is 2.13. The van der Waals surface area contributed by atoms with E-state index >= 15 is 0 Å². The summed E-state index contributed by atoms with van der Waals surface area (Å²) in [5.41, 5.74) is 1.97.